The molecule has 1 aromatic heterocycles. The molecule has 4 heteroatoms. The van der Waals surface area contributed by atoms with Crippen molar-refractivity contribution in [2.45, 2.75) is 6.61 Å². The van der Waals surface area contributed by atoms with Crippen LogP contribution >= 0.6 is 0 Å². The molecule has 0 fully saturated rings. The second kappa shape index (κ2) is 5.50. The fraction of sp³-hybridized carbons (Fsp3) is 0.444. The molecular weight excluding hydrogens is 168 g/mol. The molecule has 4 nitrogen and oxygen atoms in total. The number of aliphatic hydroxyl groups excluding tert-OH is 1. The number of anilines is 1. The predicted octanol–water partition coefficient (Wildman–Crippen LogP) is 0.632. The molecule has 0 atom stereocenters. The number of hydrogen-bond acceptors (Lipinski definition) is 4. The van der Waals surface area contributed by atoms with Crippen molar-refractivity contribution in [3.05, 3.63) is 23.9 Å². The Balaban J connectivity index is 2.46. The summed E-state index contributed by atoms with van der Waals surface area (Å²) in [5, 5.41) is 11.9. The van der Waals surface area contributed by atoms with Crippen molar-refractivity contribution < 1.29 is 9.84 Å². The van der Waals surface area contributed by atoms with Gasteiger partial charge in [0.25, 0.3) is 0 Å². The van der Waals surface area contributed by atoms with Gasteiger partial charge in [-0.3, -0.25) is 0 Å². The number of hydrogen-bond donors (Lipinski definition) is 2. The minimum Gasteiger partial charge on any atom is -0.390 e. The van der Waals surface area contributed by atoms with Gasteiger partial charge >= 0.3 is 0 Å². The fourth-order valence-corrected chi connectivity index (χ4v) is 0.947. The molecule has 0 aliphatic heterocycles. The van der Waals surface area contributed by atoms with Gasteiger partial charge in [-0.1, -0.05) is 6.07 Å². The summed E-state index contributed by atoms with van der Waals surface area (Å²) in [5.41, 5.74) is 0.669. The van der Waals surface area contributed by atoms with E-state index in [9.17, 15) is 0 Å². The molecule has 0 unspecified atom stereocenters. The van der Waals surface area contributed by atoms with Gasteiger partial charge in [0.05, 0.1) is 18.9 Å². The van der Waals surface area contributed by atoms with Gasteiger partial charge in [-0.15, -0.1) is 0 Å². The van der Waals surface area contributed by atoms with E-state index in [-0.39, 0.29) is 6.61 Å². The lowest BCUT2D eigenvalue weighted by molar-refractivity contribution is 0.210. The first kappa shape index (κ1) is 9.95. The molecule has 13 heavy (non-hydrogen) atoms. The van der Waals surface area contributed by atoms with Crippen molar-refractivity contribution in [2.75, 3.05) is 25.6 Å². The summed E-state index contributed by atoms with van der Waals surface area (Å²) < 4.78 is 4.88. The summed E-state index contributed by atoms with van der Waals surface area (Å²) in [6.07, 6.45) is 0. The first-order chi connectivity index (χ1) is 6.36. The maximum atomic E-state index is 8.82. The highest BCUT2D eigenvalue weighted by molar-refractivity contribution is 5.34. The molecule has 0 amide bonds. The standard InChI is InChI=1S/C9H14N2O2/c1-13-6-5-10-9-4-2-3-8(7-12)11-9/h2-4,12H,5-7H2,1H3,(H,10,11). The third-order valence-corrected chi connectivity index (χ3v) is 1.58. The fourth-order valence-electron chi connectivity index (χ4n) is 0.947. The van der Waals surface area contributed by atoms with Gasteiger partial charge in [0.15, 0.2) is 0 Å². The van der Waals surface area contributed by atoms with Crippen LogP contribution in [0.25, 0.3) is 0 Å². The number of nitrogens with zero attached hydrogens (tertiary/aromatic N) is 1. The first-order valence-corrected chi connectivity index (χ1v) is 4.16. The predicted molar refractivity (Wildman–Crippen MR) is 50.5 cm³/mol. The van der Waals surface area contributed by atoms with Gasteiger partial charge < -0.3 is 15.2 Å². The minimum absolute atomic E-state index is 0.0280. The van der Waals surface area contributed by atoms with Crippen molar-refractivity contribution in [3.63, 3.8) is 0 Å². The molecule has 1 heterocycles. The zero-order chi connectivity index (χ0) is 9.52. The normalized spacial score (nSPS) is 10.0. The molecule has 0 bridgehead atoms. The lowest BCUT2D eigenvalue weighted by Crippen LogP contribution is -2.09. The Morgan fingerprint density at radius 3 is 3.08 bits per heavy atom. The van der Waals surface area contributed by atoms with Crippen LogP contribution in [0.1, 0.15) is 5.69 Å². The van der Waals surface area contributed by atoms with Crippen molar-refractivity contribution in [1.82, 2.24) is 4.98 Å². The number of aromatic nitrogens is 1. The molecule has 0 aliphatic rings. The SMILES string of the molecule is COCCNc1cccc(CO)n1. The number of ether oxygens (including phenoxy) is 1. The van der Waals surface area contributed by atoms with Crippen LogP contribution in [0, 0.1) is 0 Å². The summed E-state index contributed by atoms with van der Waals surface area (Å²) in [6.45, 7) is 1.34. The Labute approximate surface area is 77.6 Å². The summed E-state index contributed by atoms with van der Waals surface area (Å²) in [7, 11) is 1.65. The number of methoxy groups -OCH3 is 1. The Hall–Kier alpha value is -1.13. The van der Waals surface area contributed by atoms with E-state index in [2.05, 4.69) is 10.3 Å². The minimum atomic E-state index is -0.0280. The van der Waals surface area contributed by atoms with E-state index in [1.54, 1.807) is 13.2 Å². The molecule has 72 valence electrons. The lowest BCUT2D eigenvalue weighted by atomic mass is 10.3. The van der Waals surface area contributed by atoms with Crippen LogP contribution in [0.4, 0.5) is 5.82 Å². The van der Waals surface area contributed by atoms with Gasteiger partial charge in [0.2, 0.25) is 0 Å². The Bertz CT molecular complexity index is 253. The number of rotatable bonds is 5. The second-order valence-electron chi connectivity index (χ2n) is 2.59. The quantitative estimate of drug-likeness (QED) is 0.656. The van der Waals surface area contributed by atoms with Gasteiger partial charge in [-0.2, -0.15) is 0 Å². The molecule has 2 N–H and O–H groups in total. The summed E-state index contributed by atoms with van der Waals surface area (Å²) in [6, 6.07) is 5.49. The van der Waals surface area contributed by atoms with E-state index in [1.165, 1.54) is 0 Å². The van der Waals surface area contributed by atoms with Crippen molar-refractivity contribution in [3.8, 4) is 0 Å². The summed E-state index contributed by atoms with van der Waals surface area (Å²) in [5.74, 6) is 0.767. The van der Waals surface area contributed by atoms with Crippen LogP contribution < -0.4 is 5.32 Å². The number of pyridine rings is 1. The third kappa shape index (κ3) is 3.40. The Morgan fingerprint density at radius 2 is 2.38 bits per heavy atom. The van der Waals surface area contributed by atoms with Crippen LogP contribution in [-0.2, 0) is 11.3 Å². The largest absolute Gasteiger partial charge is 0.390 e. The molecule has 1 rings (SSSR count). The molecular formula is C9H14N2O2. The third-order valence-electron chi connectivity index (χ3n) is 1.58. The average Bonchev–Trinajstić information content (AvgIpc) is 2.19. The van der Waals surface area contributed by atoms with Crippen LogP contribution in [0.15, 0.2) is 18.2 Å². The first-order valence-electron chi connectivity index (χ1n) is 4.16. The number of aliphatic hydroxyl groups is 1. The molecule has 0 spiro atoms. The highest BCUT2D eigenvalue weighted by atomic mass is 16.5. The van der Waals surface area contributed by atoms with Crippen molar-refractivity contribution >= 4 is 5.82 Å². The van der Waals surface area contributed by atoms with Gasteiger partial charge in [0.1, 0.15) is 5.82 Å². The second-order valence-corrected chi connectivity index (χ2v) is 2.59. The van der Waals surface area contributed by atoms with Gasteiger partial charge in [-0.05, 0) is 12.1 Å². The topological polar surface area (TPSA) is 54.4 Å². The van der Waals surface area contributed by atoms with E-state index in [4.69, 9.17) is 9.84 Å². The molecule has 0 saturated heterocycles. The van der Waals surface area contributed by atoms with Crippen LogP contribution in [0.5, 0.6) is 0 Å². The average molecular weight is 182 g/mol. The maximum Gasteiger partial charge on any atom is 0.126 e. The molecule has 0 aliphatic carbocycles. The number of nitrogens with one attached hydrogen (secondary N) is 1. The zero-order valence-corrected chi connectivity index (χ0v) is 7.66. The van der Waals surface area contributed by atoms with Crippen LogP contribution in [0.3, 0.4) is 0 Å². The Kier molecular flexibility index (Phi) is 4.21. The molecule has 0 saturated carbocycles. The summed E-state index contributed by atoms with van der Waals surface area (Å²) >= 11 is 0. The highest BCUT2D eigenvalue weighted by Crippen LogP contribution is 2.03. The molecule has 1 aromatic rings. The zero-order valence-electron chi connectivity index (χ0n) is 7.66. The molecule has 0 radical (unpaired) electrons. The van der Waals surface area contributed by atoms with E-state index < -0.39 is 0 Å². The van der Waals surface area contributed by atoms with E-state index in [0.29, 0.717) is 12.3 Å². The highest BCUT2D eigenvalue weighted by Gasteiger charge is 1.94. The van der Waals surface area contributed by atoms with E-state index in [1.807, 2.05) is 12.1 Å². The van der Waals surface area contributed by atoms with Gasteiger partial charge in [-0.25, -0.2) is 4.98 Å². The lowest BCUT2D eigenvalue weighted by Gasteiger charge is -2.05. The van der Waals surface area contributed by atoms with Crippen molar-refractivity contribution in [2.24, 2.45) is 0 Å². The van der Waals surface area contributed by atoms with Crippen molar-refractivity contribution in [1.29, 1.82) is 0 Å². The smallest absolute Gasteiger partial charge is 0.126 e. The van der Waals surface area contributed by atoms with E-state index in [0.717, 1.165) is 12.4 Å². The van der Waals surface area contributed by atoms with E-state index >= 15 is 0 Å². The maximum absolute atomic E-state index is 8.82. The molecule has 0 aromatic carbocycles. The summed E-state index contributed by atoms with van der Waals surface area (Å²) in [4.78, 5) is 4.15. The van der Waals surface area contributed by atoms with Crippen LogP contribution in [0.2, 0.25) is 0 Å². The Morgan fingerprint density at radius 1 is 1.54 bits per heavy atom. The van der Waals surface area contributed by atoms with Gasteiger partial charge in [0, 0.05) is 13.7 Å². The monoisotopic (exact) mass is 182 g/mol. The van der Waals surface area contributed by atoms with Crippen LogP contribution in [-0.4, -0.2) is 30.4 Å².